The van der Waals surface area contributed by atoms with Gasteiger partial charge in [-0.1, -0.05) is 97.2 Å². The van der Waals surface area contributed by atoms with Crippen LogP contribution in [0.5, 0.6) is 0 Å². The molecule has 0 bridgehead atoms. The van der Waals surface area contributed by atoms with Gasteiger partial charge in [-0.05, 0) is 30.4 Å². The van der Waals surface area contributed by atoms with E-state index >= 15 is 0 Å². The molecule has 33 heavy (non-hydrogen) atoms. The fourth-order valence-electron chi connectivity index (χ4n) is 2.67. The summed E-state index contributed by atoms with van der Waals surface area (Å²) in [6.07, 6.45) is 17.3. The van der Waals surface area contributed by atoms with Crippen LogP contribution >= 0.6 is 48.8 Å². The molecule has 0 aromatic carbocycles. The average molecular weight is 541 g/mol. The van der Waals surface area contributed by atoms with Crippen LogP contribution in [0.15, 0.2) is 0 Å². The number of rotatable bonds is 16. The molecule has 0 unspecified atom stereocenters. The molecule has 8 heteroatoms. The minimum atomic E-state index is -0.200. The third-order valence-electron chi connectivity index (χ3n) is 4.58. The van der Waals surface area contributed by atoms with E-state index in [4.69, 9.17) is 0 Å². The molecule has 0 N–H and O–H groups in total. The Bertz CT molecular complexity index is 479. The molecular weight excluding hydrogens is 493 g/mol. The van der Waals surface area contributed by atoms with Gasteiger partial charge < -0.3 is 0 Å². The molecule has 4 nitrogen and oxygen atoms in total. The number of hydrogen-bond acceptors (Lipinski definition) is 7. The van der Waals surface area contributed by atoms with Gasteiger partial charge in [0.15, 0.2) is 20.5 Å². The second-order valence-corrected chi connectivity index (χ2v) is 10.9. The lowest BCUT2D eigenvalue weighted by Crippen LogP contribution is -1.97. The number of carbonyl (C=O) groups is 4. The zero-order chi connectivity index (χ0) is 24.5. The fraction of sp³-hybridized carbons (Fsp3) is 0.840. The van der Waals surface area contributed by atoms with Crippen molar-refractivity contribution in [2.24, 2.45) is 0 Å². The van der Waals surface area contributed by atoms with Crippen molar-refractivity contribution in [1.29, 1.82) is 0 Å². The first-order valence-corrected chi connectivity index (χ1v) is 15.0. The van der Waals surface area contributed by atoms with Crippen LogP contribution in [0.3, 0.4) is 0 Å². The van der Waals surface area contributed by atoms with Crippen molar-refractivity contribution >= 4 is 69.2 Å². The predicted octanol–water partition coefficient (Wildman–Crippen LogP) is 8.32. The lowest BCUT2D eigenvalue weighted by atomic mass is 10.1. The van der Waals surface area contributed by atoms with Crippen molar-refractivity contribution in [1.82, 2.24) is 0 Å². The number of unbranched alkanes of at least 4 members (excludes halogenated alkanes) is 10. The Morgan fingerprint density at radius 2 is 1.24 bits per heavy atom. The first-order valence-electron chi connectivity index (χ1n) is 12.1. The summed E-state index contributed by atoms with van der Waals surface area (Å²) < 4.78 is 0. The molecule has 0 radical (unpaired) electrons. The van der Waals surface area contributed by atoms with Crippen molar-refractivity contribution < 1.29 is 19.2 Å². The third-order valence-corrected chi connectivity index (χ3v) is 7.00. The van der Waals surface area contributed by atoms with Crippen LogP contribution < -0.4 is 0 Å². The standard InChI is InChI=1S/C12H22O2S2.C8H18S.C4H4O2S.CH4/c1-2-3-4-5-6-7-10-16-12(14)9-8-11(13)15;1-2-3-4-5-6-7-8-9;5-3-1-2-4(6)7-3;/h2-10H2,1H3,(H,13,15);9H,2-8H2,1H3;1-2H2;1H4. The normalized spacial score (nSPS) is 12.2. The van der Waals surface area contributed by atoms with Gasteiger partial charge >= 0.3 is 0 Å². The Balaban J connectivity index is -0.000000445. The lowest BCUT2D eigenvalue weighted by Gasteiger charge is -2.00. The predicted molar refractivity (Wildman–Crippen MR) is 155 cm³/mol. The van der Waals surface area contributed by atoms with E-state index in [0.717, 1.165) is 29.7 Å². The number of thioether (sulfide) groups is 2. The molecule has 0 aliphatic carbocycles. The molecule has 196 valence electrons. The van der Waals surface area contributed by atoms with E-state index in [2.05, 4.69) is 39.1 Å². The molecule has 1 fully saturated rings. The summed E-state index contributed by atoms with van der Waals surface area (Å²) in [6, 6.07) is 0. The van der Waals surface area contributed by atoms with Gasteiger partial charge in [-0.15, -0.1) is 12.6 Å². The minimum absolute atomic E-state index is 0. The maximum Gasteiger partial charge on any atom is 0.196 e. The van der Waals surface area contributed by atoms with Crippen LogP contribution in [0, 0.1) is 0 Å². The van der Waals surface area contributed by atoms with Gasteiger partial charge in [0.05, 0.1) is 0 Å². The van der Waals surface area contributed by atoms with Crippen molar-refractivity contribution in [3.05, 3.63) is 0 Å². The first-order chi connectivity index (χ1) is 15.4. The average Bonchev–Trinajstić information content (AvgIpc) is 3.15. The van der Waals surface area contributed by atoms with E-state index in [1.165, 1.54) is 82.4 Å². The van der Waals surface area contributed by atoms with Crippen molar-refractivity contribution in [2.45, 2.75) is 124 Å². The van der Waals surface area contributed by atoms with Crippen molar-refractivity contribution in [2.75, 3.05) is 11.5 Å². The zero-order valence-electron chi connectivity index (χ0n) is 20.1. The van der Waals surface area contributed by atoms with E-state index in [1.807, 2.05) is 0 Å². The van der Waals surface area contributed by atoms with E-state index in [0.29, 0.717) is 19.3 Å². The van der Waals surface area contributed by atoms with E-state index in [1.54, 1.807) is 0 Å². The van der Waals surface area contributed by atoms with Crippen LogP contribution in [0.2, 0.25) is 0 Å². The van der Waals surface area contributed by atoms with Crippen LogP contribution in [-0.2, 0) is 19.2 Å². The van der Waals surface area contributed by atoms with Crippen LogP contribution in [0.4, 0.5) is 0 Å². The molecule has 0 atom stereocenters. The van der Waals surface area contributed by atoms with Gasteiger partial charge in [-0.2, -0.15) is 12.6 Å². The van der Waals surface area contributed by atoms with Crippen LogP contribution in [-0.4, -0.2) is 32.0 Å². The molecule has 0 aromatic rings. The molecular formula is C25H48O4S4. The van der Waals surface area contributed by atoms with Crippen LogP contribution in [0.1, 0.15) is 124 Å². The maximum absolute atomic E-state index is 11.3. The summed E-state index contributed by atoms with van der Waals surface area (Å²) in [5, 5.41) is -0.0422. The van der Waals surface area contributed by atoms with Gasteiger partial charge in [0.1, 0.15) is 0 Å². The topological polar surface area (TPSA) is 68.3 Å². The highest BCUT2D eigenvalue weighted by Crippen LogP contribution is 2.19. The Kier molecular flexibility index (Phi) is 34.3. The molecule has 0 spiro atoms. The Labute approximate surface area is 223 Å². The van der Waals surface area contributed by atoms with Gasteiger partial charge in [0.2, 0.25) is 0 Å². The van der Waals surface area contributed by atoms with E-state index < -0.39 is 0 Å². The van der Waals surface area contributed by atoms with Crippen molar-refractivity contribution in [3.63, 3.8) is 0 Å². The lowest BCUT2D eigenvalue weighted by molar-refractivity contribution is -0.115. The molecule has 1 heterocycles. The van der Waals surface area contributed by atoms with E-state index in [-0.39, 0.29) is 34.3 Å². The monoisotopic (exact) mass is 540 g/mol. The largest absolute Gasteiger partial charge is 0.287 e. The SMILES string of the molecule is C.CCCCCCCCS.CCCCCCCCSC(=O)CCC(=O)S.O=C1CCC(=O)S1. The van der Waals surface area contributed by atoms with E-state index in [9.17, 15) is 19.2 Å². The van der Waals surface area contributed by atoms with Gasteiger partial charge in [-0.3, -0.25) is 19.2 Å². The van der Waals surface area contributed by atoms with Gasteiger partial charge in [0.25, 0.3) is 0 Å². The molecule has 1 saturated heterocycles. The smallest absolute Gasteiger partial charge is 0.196 e. The second-order valence-electron chi connectivity index (χ2n) is 7.72. The summed E-state index contributed by atoms with van der Waals surface area (Å²) in [6.45, 7) is 4.45. The highest BCUT2D eigenvalue weighted by molar-refractivity contribution is 8.26. The maximum atomic E-state index is 11.3. The molecule has 0 aromatic heterocycles. The number of carbonyl (C=O) groups excluding carboxylic acids is 4. The van der Waals surface area contributed by atoms with Gasteiger partial charge in [0, 0.05) is 31.4 Å². The molecule has 0 saturated carbocycles. The number of thiol groups is 2. The zero-order valence-corrected chi connectivity index (χ0v) is 23.5. The Morgan fingerprint density at radius 3 is 1.64 bits per heavy atom. The third kappa shape index (κ3) is 34.3. The van der Waals surface area contributed by atoms with Gasteiger partial charge in [-0.25, -0.2) is 0 Å². The molecule has 1 aliphatic heterocycles. The Morgan fingerprint density at radius 1 is 0.788 bits per heavy atom. The summed E-state index contributed by atoms with van der Waals surface area (Å²) >= 11 is 9.97. The fourth-order valence-corrected chi connectivity index (χ4v) is 4.49. The quantitative estimate of drug-likeness (QED) is 0.151. The van der Waals surface area contributed by atoms with Crippen molar-refractivity contribution in [3.8, 4) is 0 Å². The molecule has 1 rings (SSSR count). The second kappa shape index (κ2) is 30.1. The first kappa shape index (κ1) is 37.6. The number of hydrogen-bond donors (Lipinski definition) is 2. The molecule has 0 amide bonds. The summed E-state index contributed by atoms with van der Waals surface area (Å²) in [5.74, 6) is 1.96. The van der Waals surface area contributed by atoms with Crippen LogP contribution in [0.25, 0.3) is 0 Å². The summed E-state index contributed by atoms with van der Waals surface area (Å²) in [7, 11) is 0. The highest BCUT2D eigenvalue weighted by atomic mass is 32.2. The minimum Gasteiger partial charge on any atom is -0.287 e. The highest BCUT2D eigenvalue weighted by Gasteiger charge is 2.18. The summed E-state index contributed by atoms with van der Waals surface area (Å²) in [4.78, 5) is 42.2. The summed E-state index contributed by atoms with van der Waals surface area (Å²) in [5.41, 5.74) is 0. The molecule has 1 aliphatic rings. The Hall–Kier alpha value is 0.0800.